The SMILES string of the molecule is Fc1ccc(NCc2ncc[nH]2)cc1F. The number of aromatic nitrogens is 2. The Morgan fingerprint density at radius 3 is 2.80 bits per heavy atom. The Kier molecular flexibility index (Phi) is 2.62. The first-order valence-electron chi connectivity index (χ1n) is 4.43. The minimum atomic E-state index is -0.862. The van der Waals surface area contributed by atoms with Gasteiger partial charge in [0.2, 0.25) is 0 Å². The van der Waals surface area contributed by atoms with E-state index in [0.717, 1.165) is 18.0 Å². The van der Waals surface area contributed by atoms with Gasteiger partial charge in [-0.05, 0) is 12.1 Å². The average molecular weight is 209 g/mol. The summed E-state index contributed by atoms with van der Waals surface area (Å²) in [6.45, 7) is 0.443. The van der Waals surface area contributed by atoms with Crippen molar-refractivity contribution >= 4 is 5.69 Å². The molecule has 1 heterocycles. The van der Waals surface area contributed by atoms with E-state index in [9.17, 15) is 8.78 Å². The van der Waals surface area contributed by atoms with Crippen LogP contribution < -0.4 is 5.32 Å². The van der Waals surface area contributed by atoms with E-state index in [0.29, 0.717) is 12.2 Å². The summed E-state index contributed by atoms with van der Waals surface area (Å²) in [5.74, 6) is -0.974. The number of aromatic amines is 1. The van der Waals surface area contributed by atoms with Crippen LogP contribution in [0.2, 0.25) is 0 Å². The molecule has 2 aromatic rings. The van der Waals surface area contributed by atoms with E-state index in [1.165, 1.54) is 6.07 Å². The highest BCUT2D eigenvalue weighted by molar-refractivity contribution is 5.43. The van der Waals surface area contributed by atoms with Crippen molar-refractivity contribution in [2.75, 3.05) is 5.32 Å². The highest BCUT2D eigenvalue weighted by Crippen LogP contribution is 2.13. The molecule has 0 radical (unpaired) electrons. The Bertz CT molecular complexity index is 440. The maximum Gasteiger partial charge on any atom is 0.160 e. The van der Waals surface area contributed by atoms with Crippen molar-refractivity contribution in [1.29, 1.82) is 0 Å². The molecule has 0 aliphatic rings. The van der Waals surface area contributed by atoms with Crippen LogP contribution in [-0.2, 0) is 6.54 Å². The van der Waals surface area contributed by atoms with Crippen LogP contribution in [0.4, 0.5) is 14.5 Å². The van der Waals surface area contributed by atoms with Gasteiger partial charge in [0.1, 0.15) is 5.82 Å². The van der Waals surface area contributed by atoms with E-state index in [2.05, 4.69) is 15.3 Å². The Labute approximate surface area is 85.2 Å². The number of anilines is 1. The van der Waals surface area contributed by atoms with E-state index in [4.69, 9.17) is 0 Å². The molecule has 1 aromatic heterocycles. The van der Waals surface area contributed by atoms with Crippen molar-refractivity contribution < 1.29 is 8.78 Å². The van der Waals surface area contributed by atoms with E-state index >= 15 is 0 Å². The van der Waals surface area contributed by atoms with Gasteiger partial charge in [0.05, 0.1) is 6.54 Å². The lowest BCUT2D eigenvalue weighted by atomic mass is 10.3. The number of imidazole rings is 1. The molecule has 3 nitrogen and oxygen atoms in total. The molecule has 0 bridgehead atoms. The molecule has 15 heavy (non-hydrogen) atoms. The third-order valence-electron chi connectivity index (χ3n) is 1.93. The van der Waals surface area contributed by atoms with Crippen molar-refractivity contribution in [2.24, 2.45) is 0 Å². The van der Waals surface area contributed by atoms with Crippen LogP contribution in [0.25, 0.3) is 0 Å². The van der Waals surface area contributed by atoms with Gasteiger partial charge in [0.25, 0.3) is 0 Å². The maximum absolute atomic E-state index is 12.8. The van der Waals surface area contributed by atoms with Gasteiger partial charge in [-0.25, -0.2) is 13.8 Å². The van der Waals surface area contributed by atoms with Gasteiger partial charge in [0, 0.05) is 24.1 Å². The Morgan fingerprint density at radius 2 is 2.13 bits per heavy atom. The van der Waals surface area contributed by atoms with Gasteiger partial charge < -0.3 is 10.3 Å². The zero-order valence-corrected chi connectivity index (χ0v) is 7.80. The smallest absolute Gasteiger partial charge is 0.160 e. The Balaban J connectivity index is 2.02. The van der Waals surface area contributed by atoms with Crippen molar-refractivity contribution in [2.45, 2.75) is 6.54 Å². The van der Waals surface area contributed by atoms with Gasteiger partial charge in [-0.2, -0.15) is 0 Å². The molecule has 0 aliphatic heterocycles. The molecule has 2 N–H and O–H groups in total. The summed E-state index contributed by atoms with van der Waals surface area (Å²) < 4.78 is 25.4. The minimum Gasteiger partial charge on any atom is -0.378 e. The molecule has 0 saturated carbocycles. The average Bonchev–Trinajstić information content (AvgIpc) is 2.73. The van der Waals surface area contributed by atoms with E-state index < -0.39 is 11.6 Å². The third kappa shape index (κ3) is 2.31. The summed E-state index contributed by atoms with van der Waals surface area (Å²) >= 11 is 0. The topological polar surface area (TPSA) is 40.7 Å². The van der Waals surface area contributed by atoms with E-state index in [-0.39, 0.29) is 0 Å². The highest BCUT2D eigenvalue weighted by atomic mass is 19.2. The van der Waals surface area contributed by atoms with Crippen LogP contribution in [0.1, 0.15) is 5.82 Å². The molecule has 0 aliphatic carbocycles. The first-order valence-corrected chi connectivity index (χ1v) is 4.43. The molecule has 0 amide bonds. The molecule has 0 atom stereocenters. The zero-order valence-electron chi connectivity index (χ0n) is 7.80. The second-order valence-electron chi connectivity index (χ2n) is 3.02. The largest absolute Gasteiger partial charge is 0.378 e. The Morgan fingerprint density at radius 1 is 1.27 bits per heavy atom. The fraction of sp³-hybridized carbons (Fsp3) is 0.100. The summed E-state index contributed by atoms with van der Waals surface area (Å²) in [6, 6.07) is 3.67. The second-order valence-corrected chi connectivity index (χ2v) is 3.02. The normalized spacial score (nSPS) is 10.3. The van der Waals surface area contributed by atoms with Gasteiger partial charge in [-0.15, -0.1) is 0 Å². The molecule has 2 rings (SSSR count). The zero-order chi connectivity index (χ0) is 10.7. The van der Waals surface area contributed by atoms with Crippen molar-refractivity contribution in [3.05, 3.63) is 48.1 Å². The summed E-state index contributed by atoms with van der Waals surface area (Å²) in [6.07, 6.45) is 3.32. The number of nitrogens with zero attached hydrogens (tertiary/aromatic N) is 1. The molecule has 0 unspecified atom stereocenters. The van der Waals surface area contributed by atoms with Gasteiger partial charge in [-0.3, -0.25) is 0 Å². The van der Waals surface area contributed by atoms with Gasteiger partial charge >= 0.3 is 0 Å². The second kappa shape index (κ2) is 4.08. The first-order chi connectivity index (χ1) is 7.25. The first kappa shape index (κ1) is 9.64. The van der Waals surface area contributed by atoms with Crippen LogP contribution in [0, 0.1) is 11.6 Å². The molecule has 0 fully saturated rings. The number of nitrogens with one attached hydrogen (secondary N) is 2. The predicted molar refractivity (Wildman–Crippen MR) is 52.3 cm³/mol. The summed E-state index contributed by atoms with van der Waals surface area (Å²) in [5, 5.41) is 2.91. The number of benzene rings is 1. The lowest BCUT2D eigenvalue weighted by Crippen LogP contribution is -2.01. The van der Waals surface area contributed by atoms with E-state index in [1.54, 1.807) is 12.4 Å². The molecule has 0 saturated heterocycles. The molecular weight excluding hydrogens is 200 g/mol. The standard InChI is InChI=1S/C10H9F2N3/c11-8-2-1-7(5-9(8)12)15-6-10-13-3-4-14-10/h1-5,15H,6H2,(H,13,14). The molecular formula is C10H9F2N3. The molecule has 1 aromatic carbocycles. The number of rotatable bonds is 3. The number of hydrogen-bond donors (Lipinski definition) is 2. The van der Waals surface area contributed by atoms with Crippen LogP contribution in [-0.4, -0.2) is 9.97 Å². The fourth-order valence-electron chi connectivity index (χ4n) is 1.19. The Hall–Kier alpha value is -1.91. The molecule has 0 spiro atoms. The van der Waals surface area contributed by atoms with Crippen molar-refractivity contribution in [3.8, 4) is 0 Å². The number of H-pyrrole nitrogens is 1. The lowest BCUT2D eigenvalue weighted by molar-refractivity contribution is 0.509. The van der Waals surface area contributed by atoms with Crippen molar-refractivity contribution in [1.82, 2.24) is 9.97 Å². The lowest BCUT2D eigenvalue weighted by Gasteiger charge is -2.04. The van der Waals surface area contributed by atoms with Crippen LogP contribution in [0.3, 0.4) is 0 Å². The van der Waals surface area contributed by atoms with Gasteiger partial charge in [-0.1, -0.05) is 0 Å². The number of halogens is 2. The fourth-order valence-corrected chi connectivity index (χ4v) is 1.19. The summed E-state index contributed by atoms with van der Waals surface area (Å²) in [7, 11) is 0. The van der Waals surface area contributed by atoms with Crippen LogP contribution in [0.5, 0.6) is 0 Å². The van der Waals surface area contributed by atoms with Gasteiger partial charge in [0.15, 0.2) is 11.6 Å². The maximum atomic E-state index is 12.8. The van der Waals surface area contributed by atoms with Crippen molar-refractivity contribution in [3.63, 3.8) is 0 Å². The highest BCUT2D eigenvalue weighted by Gasteiger charge is 2.02. The van der Waals surface area contributed by atoms with E-state index in [1.807, 2.05) is 0 Å². The summed E-state index contributed by atoms with van der Waals surface area (Å²) in [4.78, 5) is 6.88. The van der Waals surface area contributed by atoms with Crippen LogP contribution >= 0.6 is 0 Å². The molecule has 5 heteroatoms. The monoisotopic (exact) mass is 209 g/mol. The predicted octanol–water partition coefficient (Wildman–Crippen LogP) is 2.30. The third-order valence-corrected chi connectivity index (χ3v) is 1.93. The van der Waals surface area contributed by atoms with Crippen LogP contribution in [0.15, 0.2) is 30.6 Å². The quantitative estimate of drug-likeness (QED) is 0.814. The minimum absolute atomic E-state index is 0.443. The molecule has 78 valence electrons. The summed E-state index contributed by atoms with van der Waals surface area (Å²) in [5.41, 5.74) is 0.519. The number of hydrogen-bond acceptors (Lipinski definition) is 2.